The molecule has 0 unspecified atom stereocenters. The number of nitrogens with zero attached hydrogens (tertiary/aromatic N) is 1. The molecular weight excluding hydrogens is 222 g/mol. The second-order valence-electron chi connectivity index (χ2n) is 5.36. The van der Waals surface area contributed by atoms with E-state index in [1.807, 2.05) is 0 Å². The summed E-state index contributed by atoms with van der Waals surface area (Å²) >= 11 is 0. The third-order valence-electron chi connectivity index (χ3n) is 4.16. The molecule has 18 heavy (non-hydrogen) atoms. The van der Waals surface area contributed by atoms with E-state index in [9.17, 15) is 0 Å². The molecule has 0 saturated carbocycles. The number of anilines is 1. The molecule has 0 radical (unpaired) electrons. The van der Waals surface area contributed by atoms with Crippen LogP contribution in [-0.2, 0) is 0 Å². The Bertz CT molecular complexity index is 346. The van der Waals surface area contributed by atoms with Crippen molar-refractivity contribution >= 4 is 5.69 Å². The molecule has 0 aliphatic carbocycles. The Hall–Kier alpha value is -1.06. The highest BCUT2D eigenvalue weighted by atomic mass is 15.2. The molecule has 2 saturated heterocycles. The van der Waals surface area contributed by atoms with Gasteiger partial charge < -0.3 is 15.5 Å². The summed E-state index contributed by atoms with van der Waals surface area (Å²) in [5.74, 6) is 0.758. The molecular formula is C15H23N3. The Morgan fingerprint density at radius 1 is 0.944 bits per heavy atom. The fourth-order valence-corrected chi connectivity index (χ4v) is 3.05. The molecule has 98 valence electrons. The minimum atomic E-state index is 0.758. The fraction of sp³-hybridized carbons (Fsp3) is 0.600. The number of piperidine rings is 1. The molecule has 0 bridgehead atoms. The average molecular weight is 245 g/mol. The predicted octanol–water partition coefficient (Wildman–Crippen LogP) is 1.56. The van der Waals surface area contributed by atoms with Gasteiger partial charge in [0, 0.05) is 31.9 Å². The van der Waals surface area contributed by atoms with Crippen LogP contribution in [0.4, 0.5) is 5.69 Å². The predicted molar refractivity (Wildman–Crippen MR) is 76.4 cm³/mol. The number of piperazine rings is 1. The van der Waals surface area contributed by atoms with Gasteiger partial charge in [-0.1, -0.05) is 12.1 Å². The van der Waals surface area contributed by atoms with Crippen molar-refractivity contribution in [3.05, 3.63) is 29.8 Å². The largest absolute Gasteiger partial charge is 0.369 e. The average Bonchev–Trinajstić information content (AvgIpc) is 2.49. The standard InChI is InChI=1S/C15H23N3/c1-2-14(13-4-6-16-7-5-13)12-15(3-1)18-10-8-17-9-11-18/h1-3,12-13,16-17H,4-11H2. The Kier molecular flexibility index (Phi) is 3.81. The lowest BCUT2D eigenvalue weighted by Crippen LogP contribution is -2.43. The van der Waals surface area contributed by atoms with Crippen LogP contribution in [-0.4, -0.2) is 39.3 Å². The number of hydrogen-bond acceptors (Lipinski definition) is 3. The van der Waals surface area contributed by atoms with Crippen molar-refractivity contribution in [3.8, 4) is 0 Å². The summed E-state index contributed by atoms with van der Waals surface area (Å²) in [6.45, 7) is 6.82. The van der Waals surface area contributed by atoms with Gasteiger partial charge in [0.05, 0.1) is 0 Å². The third kappa shape index (κ3) is 2.68. The monoisotopic (exact) mass is 245 g/mol. The smallest absolute Gasteiger partial charge is 0.0369 e. The topological polar surface area (TPSA) is 27.3 Å². The van der Waals surface area contributed by atoms with Crippen molar-refractivity contribution in [2.45, 2.75) is 18.8 Å². The number of hydrogen-bond donors (Lipinski definition) is 2. The maximum Gasteiger partial charge on any atom is 0.0369 e. The first kappa shape index (κ1) is 12.0. The Balaban J connectivity index is 1.75. The van der Waals surface area contributed by atoms with Crippen LogP contribution in [0.1, 0.15) is 24.3 Å². The van der Waals surface area contributed by atoms with Crippen molar-refractivity contribution in [1.82, 2.24) is 10.6 Å². The molecule has 0 spiro atoms. The highest BCUT2D eigenvalue weighted by Crippen LogP contribution is 2.28. The minimum absolute atomic E-state index is 0.758. The van der Waals surface area contributed by atoms with E-state index >= 15 is 0 Å². The number of benzene rings is 1. The minimum Gasteiger partial charge on any atom is -0.369 e. The molecule has 2 aliphatic heterocycles. The fourth-order valence-electron chi connectivity index (χ4n) is 3.05. The normalized spacial score (nSPS) is 22.1. The van der Waals surface area contributed by atoms with Crippen LogP contribution in [0, 0.1) is 0 Å². The van der Waals surface area contributed by atoms with E-state index < -0.39 is 0 Å². The van der Waals surface area contributed by atoms with Crippen LogP contribution in [0.3, 0.4) is 0 Å². The van der Waals surface area contributed by atoms with Crippen LogP contribution in [0.25, 0.3) is 0 Å². The quantitative estimate of drug-likeness (QED) is 0.828. The van der Waals surface area contributed by atoms with Crippen LogP contribution < -0.4 is 15.5 Å². The maximum absolute atomic E-state index is 3.44. The van der Waals surface area contributed by atoms with Gasteiger partial charge in [-0.25, -0.2) is 0 Å². The van der Waals surface area contributed by atoms with Crippen molar-refractivity contribution in [2.75, 3.05) is 44.2 Å². The van der Waals surface area contributed by atoms with Crippen LogP contribution in [0.2, 0.25) is 0 Å². The summed E-state index contributed by atoms with van der Waals surface area (Å²) in [5.41, 5.74) is 2.94. The van der Waals surface area contributed by atoms with Gasteiger partial charge in [0.15, 0.2) is 0 Å². The summed E-state index contributed by atoms with van der Waals surface area (Å²) < 4.78 is 0. The van der Waals surface area contributed by atoms with Crippen LogP contribution >= 0.6 is 0 Å². The highest BCUT2D eigenvalue weighted by molar-refractivity contribution is 5.49. The van der Waals surface area contributed by atoms with Crippen LogP contribution in [0.5, 0.6) is 0 Å². The van der Waals surface area contributed by atoms with Crippen molar-refractivity contribution in [1.29, 1.82) is 0 Å². The van der Waals surface area contributed by atoms with Gasteiger partial charge in [-0.3, -0.25) is 0 Å². The molecule has 2 N–H and O–H groups in total. The maximum atomic E-state index is 3.44. The van der Waals surface area contributed by atoms with Gasteiger partial charge in [-0.05, 0) is 49.5 Å². The van der Waals surface area contributed by atoms with E-state index in [4.69, 9.17) is 0 Å². The van der Waals surface area contributed by atoms with Gasteiger partial charge in [0.2, 0.25) is 0 Å². The Morgan fingerprint density at radius 3 is 2.44 bits per heavy atom. The SMILES string of the molecule is c1cc(C2CCNCC2)cc(N2CCNCC2)c1. The first-order chi connectivity index (χ1) is 8.93. The molecule has 3 nitrogen and oxygen atoms in total. The molecule has 2 heterocycles. The Labute approximate surface area is 110 Å². The molecule has 0 atom stereocenters. The van der Waals surface area contributed by atoms with Gasteiger partial charge in [0.25, 0.3) is 0 Å². The van der Waals surface area contributed by atoms with Crippen molar-refractivity contribution in [3.63, 3.8) is 0 Å². The van der Waals surface area contributed by atoms with Gasteiger partial charge >= 0.3 is 0 Å². The van der Waals surface area contributed by atoms with Crippen LogP contribution in [0.15, 0.2) is 24.3 Å². The lowest BCUT2D eigenvalue weighted by Gasteiger charge is -2.30. The highest BCUT2D eigenvalue weighted by Gasteiger charge is 2.17. The zero-order chi connectivity index (χ0) is 12.2. The lowest BCUT2D eigenvalue weighted by molar-refractivity contribution is 0.460. The van der Waals surface area contributed by atoms with E-state index in [1.165, 1.54) is 37.2 Å². The van der Waals surface area contributed by atoms with Gasteiger partial charge in [0.1, 0.15) is 0 Å². The molecule has 0 aromatic heterocycles. The zero-order valence-electron chi connectivity index (χ0n) is 11.0. The molecule has 1 aromatic rings. The summed E-state index contributed by atoms with van der Waals surface area (Å²) in [6.07, 6.45) is 2.57. The van der Waals surface area contributed by atoms with Crippen molar-refractivity contribution < 1.29 is 0 Å². The molecule has 2 fully saturated rings. The van der Waals surface area contributed by atoms with E-state index in [1.54, 1.807) is 0 Å². The first-order valence-electron chi connectivity index (χ1n) is 7.20. The van der Waals surface area contributed by atoms with E-state index in [0.717, 1.165) is 32.1 Å². The lowest BCUT2D eigenvalue weighted by atomic mass is 9.90. The van der Waals surface area contributed by atoms with E-state index in [0.29, 0.717) is 0 Å². The van der Waals surface area contributed by atoms with E-state index in [2.05, 4.69) is 39.8 Å². The molecule has 0 amide bonds. The first-order valence-corrected chi connectivity index (χ1v) is 7.20. The summed E-state index contributed by atoms with van der Waals surface area (Å²) in [6, 6.07) is 9.22. The summed E-state index contributed by atoms with van der Waals surface area (Å²) in [5, 5.41) is 6.86. The van der Waals surface area contributed by atoms with E-state index in [-0.39, 0.29) is 0 Å². The second-order valence-corrected chi connectivity index (χ2v) is 5.36. The zero-order valence-corrected chi connectivity index (χ0v) is 11.0. The molecule has 3 rings (SSSR count). The number of nitrogens with one attached hydrogen (secondary N) is 2. The Morgan fingerprint density at radius 2 is 1.67 bits per heavy atom. The third-order valence-corrected chi connectivity index (χ3v) is 4.16. The molecule has 2 aliphatic rings. The summed E-state index contributed by atoms with van der Waals surface area (Å²) in [4.78, 5) is 2.50. The van der Waals surface area contributed by atoms with Crippen molar-refractivity contribution in [2.24, 2.45) is 0 Å². The summed E-state index contributed by atoms with van der Waals surface area (Å²) in [7, 11) is 0. The van der Waals surface area contributed by atoms with Gasteiger partial charge in [-0.2, -0.15) is 0 Å². The second kappa shape index (κ2) is 5.72. The van der Waals surface area contributed by atoms with Gasteiger partial charge in [-0.15, -0.1) is 0 Å². The molecule has 1 aromatic carbocycles. The molecule has 3 heteroatoms. The number of rotatable bonds is 2.